The zero-order valence-electron chi connectivity index (χ0n) is 15.6. The molecule has 0 spiro atoms. The Bertz CT molecular complexity index is 880. The minimum atomic E-state index is -0.421. The lowest BCUT2D eigenvalue weighted by molar-refractivity contribution is 0.0600. The number of methoxy groups -OCH3 is 1. The first-order valence-electron chi connectivity index (χ1n) is 8.76. The van der Waals surface area contributed by atoms with Gasteiger partial charge in [0.25, 0.3) is 0 Å². The maximum absolute atomic E-state index is 12.3. The highest BCUT2D eigenvalue weighted by Crippen LogP contribution is 2.24. The van der Waals surface area contributed by atoms with Gasteiger partial charge in [-0.25, -0.2) is 9.59 Å². The Kier molecular flexibility index (Phi) is 5.49. The van der Waals surface area contributed by atoms with Gasteiger partial charge in [0.15, 0.2) is 0 Å². The molecule has 8 nitrogen and oxygen atoms in total. The molecule has 1 aliphatic heterocycles. The molecule has 2 aromatic carbocycles. The maximum atomic E-state index is 12.3. The minimum absolute atomic E-state index is 0.0236. The van der Waals surface area contributed by atoms with E-state index in [4.69, 9.17) is 15.9 Å². The molecule has 1 amide bonds. The third-order valence-corrected chi connectivity index (χ3v) is 4.58. The Morgan fingerprint density at radius 1 is 1.21 bits per heavy atom. The molecule has 1 fully saturated rings. The van der Waals surface area contributed by atoms with Crippen molar-refractivity contribution in [2.45, 2.75) is 19.1 Å². The summed E-state index contributed by atoms with van der Waals surface area (Å²) in [5.41, 5.74) is 8.01. The molecule has 0 aliphatic carbocycles. The number of benzene rings is 2. The SMILES string of the molecule is COC(=O)c1ccc(NC(C)C2CN(c3ccc(C(=N)N)cc3)C(=O)O2)cc1. The van der Waals surface area contributed by atoms with Crippen LogP contribution in [0.25, 0.3) is 0 Å². The summed E-state index contributed by atoms with van der Waals surface area (Å²) in [5, 5.41) is 10.7. The van der Waals surface area contributed by atoms with Gasteiger partial charge >= 0.3 is 12.1 Å². The molecule has 2 unspecified atom stereocenters. The number of esters is 1. The molecule has 28 heavy (non-hydrogen) atoms. The van der Waals surface area contributed by atoms with Gasteiger partial charge in [-0.1, -0.05) is 0 Å². The van der Waals surface area contributed by atoms with Crippen LogP contribution in [0.2, 0.25) is 0 Å². The third kappa shape index (κ3) is 4.06. The molecular formula is C20H22N4O4. The van der Waals surface area contributed by atoms with Crippen molar-refractivity contribution in [3.63, 3.8) is 0 Å². The van der Waals surface area contributed by atoms with Crippen LogP contribution in [0.5, 0.6) is 0 Å². The summed E-state index contributed by atoms with van der Waals surface area (Å²) in [6, 6.07) is 13.6. The Balaban J connectivity index is 1.64. The van der Waals surface area contributed by atoms with Crippen LogP contribution in [0.1, 0.15) is 22.8 Å². The van der Waals surface area contributed by atoms with Crippen LogP contribution < -0.4 is 16.0 Å². The van der Waals surface area contributed by atoms with Crippen LogP contribution in [0.4, 0.5) is 16.2 Å². The highest BCUT2D eigenvalue weighted by atomic mass is 16.6. The second-order valence-corrected chi connectivity index (χ2v) is 6.50. The fraction of sp³-hybridized carbons (Fsp3) is 0.250. The van der Waals surface area contributed by atoms with Crippen LogP contribution in [0.15, 0.2) is 48.5 Å². The molecule has 0 aromatic heterocycles. The summed E-state index contributed by atoms with van der Waals surface area (Å²) in [5.74, 6) is -0.416. The number of nitrogen functional groups attached to an aromatic ring is 1. The fourth-order valence-corrected chi connectivity index (χ4v) is 2.95. The zero-order valence-corrected chi connectivity index (χ0v) is 15.6. The molecule has 3 rings (SSSR count). The number of nitrogens with zero attached hydrogens (tertiary/aromatic N) is 1. The Morgan fingerprint density at radius 3 is 2.39 bits per heavy atom. The maximum Gasteiger partial charge on any atom is 0.414 e. The van der Waals surface area contributed by atoms with Crippen molar-refractivity contribution in [3.8, 4) is 0 Å². The lowest BCUT2D eigenvalue weighted by Gasteiger charge is -2.20. The number of carbonyl (C=O) groups is 2. The van der Waals surface area contributed by atoms with E-state index in [0.717, 1.165) is 5.69 Å². The van der Waals surface area contributed by atoms with E-state index in [1.807, 2.05) is 6.92 Å². The van der Waals surface area contributed by atoms with Gasteiger partial charge in [0, 0.05) is 16.9 Å². The number of ether oxygens (including phenoxy) is 2. The topological polar surface area (TPSA) is 118 Å². The summed E-state index contributed by atoms with van der Waals surface area (Å²) in [6.07, 6.45) is -0.768. The number of anilines is 2. The molecule has 1 saturated heterocycles. The van der Waals surface area contributed by atoms with Gasteiger partial charge in [-0.15, -0.1) is 0 Å². The molecule has 0 radical (unpaired) electrons. The average Bonchev–Trinajstić information content (AvgIpc) is 3.10. The first-order valence-corrected chi connectivity index (χ1v) is 8.76. The van der Waals surface area contributed by atoms with E-state index in [0.29, 0.717) is 23.4 Å². The molecule has 146 valence electrons. The molecule has 1 heterocycles. The van der Waals surface area contributed by atoms with Crippen LogP contribution in [0, 0.1) is 5.41 Å². The lowest BCUT2D eigenvalue weighted by Crippen LogP contribution is -2.34. The summed E-state index contributed by atoms with van der Waals surface area (Å²) < 4.78 is 10.2. The molecule has 4 N–H and O–H groups in total. The van der Waals surface area contributed by atoms with E-state index in [1.165, 1.54) is 7.11 Å². The number of hydrogen-bond acceptors (Lipinski definition) is 6. The van der Waals surface area contributed by atoms with Crippen LogP contribution in [0.3, 0.4) is 0 Å². The highest BCUT2D eigenvalue weighted by Gasteiger charge is 2.35. The average molecular weight is 382 g/mol. The highest BCUT2D eigenvalue weighted by molar-refractivity contribution is 5.96. The van der Waals surface area contributed by atoms with E-state index >= 15 is 0 Å². The van der Waals surface area contributed by atoms with Crippen LogP contribution >= 0.6 is 0 Å². The van der Waals surface area contributed by atoms with Gasteiger partial charge in [-0.05, 0) is 55.5 Å². The monoisotopic (exact) mass is 382 g/mol. The molecular weight excluding hydrogens is 360 g/mol. The van der Waals surface area contributed by atoms with Crippen LogP contribution in [-0.4, -0.2) is 43.7 Å². The van der Waals surface area contributed by atoms with Gasteiger partial charge < -0.3 is 20.5 Å². The second-order valence-electron chi connectivity index (χ2n) is 6.50. The van der Waals surface area contributed by atoms with Crippen molar-refractivity contribution in [1.29, 1.82) is 5.41 Å². The summed E-state index contributed by atoms with van der Waals surface area (Å²) in [4.78, 5) is 25.3. The number of rotatable bonds is 6. The standard InChI is InChI=1S/C20H22N4O4/c1-12(23-15-7-3-14(4-8-15)19(25)27-2)17-11-24(20(26)28-17)16-9-5-13(6-10-16)18(21)22/h3-10,12,17,23H,11H2,1-2H3,(H3,21,22). The van der Waals surface area contributed by atoms with E-state index < -0.39 is 12.1 Å². The number of carbonyl (C=O) groups excluding carboxylic acids is 2. The molecule has 2 aromatic rings. The van der Waals surface area contributed by atoms with Gasteiger partial charge in [-0.3, -0.25) is 10.3 Å². The van der Waals surface area contributed by atoms with Crippen molar-refractivity contribution in [3.05, 3.63) is 59.7 Å². The number of cyclic esters (lactones) is 1. The lowest BCUT2D eigenvalue weighted by atomic mass is 10.1. The number of nitrogens with two attached hydrogens (primary N) is 1. The van der Waals surface area contributed by atoms with E-state index in [9.17, 15) is 9.59 Å². The van der Waals surface area contributed by atoms with E-state index in [-0.39, 0.29) is 18.0 Å². The van der Waals surface area contributed by atoms with E-state index in [2.05, 4.69) is 10.1 Å². The van der Waals surface area contributed by atoms with Gasteiger partial charge in [0.1, 0.15) is 11.9 Å². The molecule has 1 aliphatic rings. The minimum Gasteiger partial charge on any atom is -0.465 e. The first-order chi connectivity index (χ1) is 13.4. The predicted octanol–water partition coefficient (Wildman–Crippen LogP) is 2.58. The largest absolute Gasteiger partial charge is 0.465 e. The van der Waals surface area contributed by atoms with Crippen molar-refractivity contribution >= 4 is 29.3 Å². The smallest absolute Gasteiger partial charge is 0.414 e. The molecule has 2 atom stereocenters. The number of hydrogen-bond donors (Lipinski definition) is 3. The molecule has 0 bridgehead atoms. The van der Waals surface area contributed by atoms with Crippen molar-refractivity contribution < 1.29 is 19.1 Å². The Hall–Kier alpha value is -3.55. The molecule has 0 saturated carbocycles. The Labute approximate surface area is 162 Å². The summed E-state index contributed by atoms with van der Waals surface area (Å²) >= 11 is 0. The number of amides is 1. The van der Waals surface area contributed by atoms with E-state index in [1.54, 1.807) is 53.4 Å². The van der Waals surface area contributed by atoms with Crippen LogP contribution in [-0.2, 0) is 9.47 Å². The Morgan fingerprint density at radius 2 is 1.82 bits per heavy atom. The number of amidine groups is 1. The predicted molar refractivity (Wildman–Crippen MR) is 106 cm³/mol. The van der Waals surface area contributed by atoms with Gasteiger partial charge in [0.05, 0.1) is 25.3 Å². The fourth-order valence-electron chi connectivity index (χ4n) is 2.95. The quantitative estimate of drug-likeness (QED) is 0.401. The third-order valence-electron chi connectivity index (χ3n) is 4.58. The second kappa shape index (κ2) is 7.99. The normalized spacial score (nSPS) is 17.0. The molecule has 8 heteroatoms. The summed E-state index contributed by atoms with van der Waals surface area (Å²) in [7, 11) is 1.34. The zero-order chi connectivity index (χ0) is 20.3. The van der Waals surface area contributed by atoms with Gasteiger partial charge in [-0.2, -0.15) is 0 Å². The first kappa shape index (κ1) is 19.2. The number of nitrogens with one attached hydrogen (secondary N) is 2. The van der Waals surface area contributed by atoms with Crippen molar-refractivity contribution in [1.82, 2.24) is 0 Å². The van der Waals surface area contributed by atoms with Crippen molar-refractivity contribution in [2.75, 3.05) is 23.9 Å². The summed E-state index contributed by atoms with van der Waals surface area (Å²) in [6.45, 7) is 2.32. The van der Waals surface area contributed by atoms with Gasteiger partial charge in [0.2, 0.25) is 0 Å². The van der Waals surface area contributed by atoms with Crippen molar-refractivity contribution in [2.24, 2.45) is 5.73 Å².